The van der Waals surface area contributed by atoms with Crippen molar-refractivity contribution in [2.75, 3.05) is 46.5 Å². The van der Waals surface area contributed by atoms with Gasteiger partial charge in [0, 0.05) is 18.7 Å². The van der Waals surface area contributed by atoms with Gasteiger partial charge in [-0.25, -0.2) is 0 Å². The van der Waals surface area contributed by atoms with E-state index in [1.165, 1.54) is 0 Å². The molecule has 0 bridgehead atoms. The molecule has 1 saturated heterocycles. The van der Waals surface area contributed by atoms with Crippen LogP contribution >= 0.6 is 0 Å². The van der Waals surface area contributed by atoms with Gasteiger partial charge in [-0.2, -0.15) is 0 Å². The number of aliphatic hydroxyl groups excluding tert-OH is 1. The van der Waals surface area contributed by atoms with Crippen LogP contribution in [0.4, 0.5) is 0 Å². The van der Waals surface area contributed by atoms with Crippen molar-refractivity contribution >= 4 is 17.4 Å². The molecular formula is C32H44N2O6. The molecule has 0 saturated carbocycles. The summed E-state index contributed by atoms with van der Waals surface area (Å²) in [6.45, 7) is 13.7. The molecule has 0 aliphatic carbocycles. The summed E-state index contributed by atoms with van der Waals surface area (Å²) in [4.78, 5) is 30.7. The van der Waals surface area contributed by atoms with Crippen molar-refractivity contribution in [3.63, 3.8) is 0 Å². The number of rotatable bonds is 15. The van der Waals surface area contributed by atoms with Crippen molar-refractivity contribution in [1.82, 2.24) is 9.80 Å². The van der Waals surface area contributed by atoms with Crippen LogP contribution in [0.15, 0.2) is 42.0 Å². The van der Waals surface area contributed by atoms with Crippen molar-refractivity contribution < 1.29 is 28.9 Å². The van der Waals surface area contributed by atoms with E-state index in [4.69, 9.17) is 14.2 Å². The Morgan fingerprint density at radius 1 is 0.975 bits per heavy atom. The van der Waals surface area contributed by atoms with Gasteiger partial charge in [-0.1, -0.05) is 39.7 Å². The maximum Gasteiger partial charge on any atom is 0.295 e. The molecule has 1 fully saturated rings. The van der Waals surface area contributed by atoms with Gasteiger partial charge in [-0.05, 0) is 74.8 Å². The van der Waals surface area contributed by atoms with Gasteiger partial charge in [0.15, 0.2) is 11.5 Å². The van der Waals surface area contributed by atoms with E-state index in [-0.39, 0.29) is 11.3 Å². The summed E-state index contributed by atoms with van der Waals surface area (Å²) in [5, 5.41) is 11.5. The molecule has 1 heterocycles. The Labute approximate surface area is 238 Å². The summed E-state index contributed by atoms with van der Waals surface area (Å²) in [5.41, 5.74) is 1.96. The van der Waals surface area contributed by atoms with E-state index in [0.717, 1.165) is 37.9 Å². The maximum absolute atomic E-state index is 13.5. The number of ketones is 1. The lowest BCUT2D eigenvalue weighted by Crippen LogP contribution is -2.38. The predicted octanol–water partition coefficient (Wildman–Crippen LogP) is 5.73. The van der Waals surface area contributed by atoms with Crippen molar-refractivity contribution in [2.24, 2.45) is 0 Å². The van der Waals surface area contributed by atoms with Crippen molar-refractivity contribution in [3.05, 3.63) is 58.7 Å². The van der Waals surface area contributed by atoms with Crippen LogP contribution in [0.3, 0.4) is 0 Å². The van der Waals surface area contributed by atoms with Crippen LogP contribution < -0.4 is 14.2 Å². The molecule has 8 heteroatoms. The van der Waals surface area contributed by atoms with E-state index in [1.54, 1.807) is 30.2 Å². The highest BCUT2D eigenvalue weighted by molar-refractivity contribution is 6.46. The number of likely N-dealkylation sites (N-methyl/N-ethyl adjacent to an activating group) is 1. The Balaban J connectivity index is 2.10. The maximum atomic E-state index is 13.5. The van der Waals surface area contributed by atoms with E-state index in [2.05, 4.69) is 25.7 Å². The highest BCUT2D eigenvalue weighted by Gasteiger charge is 2.46. The minimum absolute atomic E-state index is 0.0653. The first-order valence-corrected chi connectivity index (χ1v) is 14.4. The lowest BCUT2D eigenvalue weighted by Gasteiger charge is -2.28. The largest absolute Gasteiger partial charge is 0.507 e. The molecule has 2 aromatic rings. The van der Waals surface area contributed by atoms with Gasteiger partial charge in [0.25, 0.3) is 11.7 Å². The van der Waals surface area contributed by atoms with Crippen LogP contribution in [0.5, 0.6) is 17.2 Å². The first-order valence-electron chi connectivity index (χ1n) is 14.4. The Kier molecular flexibility index (Phi) is 11.4. The molecule has 1 unspecified atom stereocenters. The van der Waals surface area contributed by atoms with E-state index < -0.39 is 17.7 Å². The summed E-state index contributed by atoms with van der Waals surface area (Å²) in [7, 11) is 1.57. The van der Waals surface area contributed by atoms with Crippen LogP contribution in [0.2, 0.25) is 0 Å². The first kappa shape index (κ1) is 31.0. The summed E-state index contributed by atoms with van der Waals surface area (Å²) in [5.74, 6) is 0.265. The molecule has 0 spiro atoms. The zero-order chi connectivity index (χ0) is 29.2. The van der Waals surface area contributed by atoms with Crippen LogP contribution in [0, 0.1) is 6.92 Å². The van der Waals surface area contributed by atoms with Crippen molar-refractivity contribution in [2.45, 2.75) is 59.9 Å². The van der Waals surface area contributed by atoms with Gasteiger partial charge < -0.3 is 29.1 Å². The summed E-state index contributed by atoms with van der Waals surface area (Å²) >= 11 is 0. The number of Topliss-reactive ketones (excluding diaryl/α,β-unsaturated/α-hetero) is 1. The van der Waals surface area contributed by atoms with Crippen LogP contribution in [-0.4, -0.2) is 73.1 Å². The fourth-order valence-corrected chi connectivity index (χ4v) is 5.06. The van der Waals surface area contributed by atoms with Crippen molar-refractivity contribution in [1.29, 1.82) is 0 Å². The number of amides is 1. The molecule has 40 heavy (non-hydrogen) atoms. The SMILES string of the molecule is CCCCCOc1ccc(C2/C(=C(\O)c3ccc(OCC)cc3C)C(=O)C(=O)N2CCN(CC)CC)cc1OC. The topological polar surface area (TPSA) is 88.5 Å². The van der Waals surface area contributed by atoms with Gasteiger partial charge in [-0.3, -0.25) is 9.59 Å². The average molecular weight is 553 g/mol. The number of nitrogens with zero attached hydrogens (tertiary/aromatic N) is 2. The molecule has 218 valence electrons. The number of methoxy groups -OCH3 is 1. The summed E-state index contributed by atoms with van der Waals surface area (Å²) < 4.78 is 17.2. The number of carbonyl (C=O) groups excluding carboxylic acids is 2. The third kappa shape index (κ3) is 6.97. The normalized spacial score (nSPS) is 16.6. The molecule has 1 aliphatic heterocycles. The van der Waals surface area contributed by atoms with Crippen LogP contribution in [-0.2, 0) is 9.59 Å². The third-order valence-corrected chi connectivity index (χ3v) is 7.36. The molecule has 1 amide bonds. The molecule has 8 nitrogen and oxygen atoms in total. The predicted molar refractivity (Wildman–Crippen MR) is 157 cm³/mol. The van der Waals surface area contributed by atoms with Gasteiger partial charge >= 0.3 is 0 Å². The molecule has 1 N–H and O–H groups in total. The highest BCUT2D eigenvalue weighted by atomic mass is 16.5. The number of unbranched alkanes of at least 4 members (excludes halogenated alkanes) is 2. The zero-order valence-corrected chi connectivity index (χ0v) is 24.8. The molecule has 1 atom stereocenters. The smallest absolute Gasteiger partial charge is 0.295 e. The minimum Gasteiger partial charge on any atom is -0.507 e. The third-order valence-electron chi connectivity index (χ3n) is 7.36. The minimum atomic E-state index is -0.774. The lowest BCUT2D eigenvalue weighted by atomic mass is 9.93. The number of aliphatic hydroxyl groups is 1. The van der Waals surface area contributed by atoms with E-state index in [9.17, 15) is 14.7 Å². The Hall–Kier alpha value is -3.52. The number of hydrogen-bond donors (Lipinski definition) is 1. The monoisotopic (exact) mass is 552 g/mol. The van der Waals surface area contributed by atoms with Gasteiger partial charge in [0.05, 0.1) is 31.9 Å². The molecule has 0 radical (unpaired) electrons. The summed E-state index contributed by atoms with van der Waals surface area (Å²) in [6, 6.07) is 9.98. The molecule has 1 aliphatic rings. The zero-order valence-electron chi connectivity index (χ0n) is 24.8. The Morgan fingerprint density at radius 2 is 1.73 bits per heavy atom. The Morgan fingerprint density at radius 3 is 2.35 bits per heavy atom. The fourth-order valence-electron chi connectivity index (χ4n) is 5.06. The van der Waals surface area contributed by atoms with Gasteiger partial charge in [-0.15, -0.1) is 0 Å². The molecular weight excluding hydrogens is 508 g/mol. The highest BCUT2D eigenvalue weighted by Crippen LogP contribution is 2.42. The standard InChI is InChI=1S/C32H44N2O6/c1-7-11-12-19-40-26-16-13-23(21-27(26)38-6)29-28(30(35)25-15-14-24(39-10-4)20-22(25)5)31(36)32(37)34(29)18-17-33(8-2)9-3/h13-16,20-21,29,35H,7-12,17-19H2,1-6H3/b30-28+. The fraction of sp³-hybridized carbons (Fsp3) is 0.500. The number of likely N-dealkylation sites (tertiary alicyclic amines) is 1. The molecule has 2 aromatic carbocycles. The number of carbonyl (C=O) groups is 2. The Bertz CT molecular complexity index is 1200. The second-order valence-electron chi connectivity index (χ2n) is 9.89. The number of benzene rings is 2. The molecule has 0 aromatic heterocycles. The van der Waals surface area contributed by atoms with Crippen molar-refractivity contribution in [3.8, 4) is 17.2 Å². The second-order valence-corrected chi connectivity index (χ2v) is 9.89. The molecule has 3 rings (SSSR count). The van der Waals surface area contributed by atoms with E-state index >= 15 is 0 Å². The van der Waals surface area contributed by atoms with Crippen LogP contribution in [0.25, 0.3) is 5.76 Å². The summed E-state index contributed by atoms with van der Waals surface area (Å²) in [6.07, 6.45) is 3.11. The first-order chi connectivity index (χ1) is 19.3. The van der Waals surface area contributed by atoms with E-state index in [0.29, 0.717) is 54.7 Å². The quantitative estimate of drug-likeness (QED) is 0.131. The van der Waals surface area contributed by atoms with Gasteiger partial charge in [0.1, 0.15) is 11.5 Å². The number of ether oxygens (including phenoxy) is 3. The number of aryl methyl sites for hydroxylation is 1. The van der Waals surface area contributed by atoms with E-state index in [1.807, 2.05) is 32.0 Å². The number of hydrogen-bond acceptors (Lipinski definition) is 7. The van der Waals surface area contributed by atoms with Gasteiger partial charge in [0.2, 0.25) is 0 Å². The average Bonchev–Trinajstić information content (AvgIpc) is 3.21. The second kappa shape index (κ2) is 14.7. The lowest BCUT2D eigenvalue weighted by molar-refractivity contribution is -0.140. The van der Waals surface area contributed by atoms with Crippen LogP contribution in [0.1, 0.15) is 69.7 Å².